The first-order chi connectivity index (χ1) is 15.1. The number of hydrogen-bond donors (Lipinski definition) is 0. The fourth-order valence-electron chi connectivity index (χ4n) is 3.72. The Morgan fingerprint density at radius 2 is 1.90 bits per heavy atom. The highest BCUT2D eigenvalue weighted by molar-refractivity contribution is 5.76. The smallest absolute Gasteiger partial charge is 0.223 e. The van der Waals surface area contributed by atoms with Crippen LogP contribution in [0.2, 0.25) is 0 Å². The maximum atomic E-state index is 12.8. The number of unbranched alkanes of at least 4 members (excludes halogenated alkanes) is 1. The summed E-state index contributed by atoms with van der Waals surface area (Å²) in [6, 6.07) is 5.46. The van der Waals surface area contributed by atoms with Gasteiger partial charge in [0.1, 0.15) is 5.69 Å². The van der Waals surface area contributed by atoms with E-state index in [1.165, 1.54) is 0 Å². The van der Waals surface area contributed by atoms with Crippen molar-refractivity contribution in [3.8, 4) is 28.6 Å². The number of benzene rings is 1. The zero-order valence-electron chi connectivity index (χ0n) is 18.8. The number of hydrogen-bond acceptors (Lipinski definition) is 7. The van der Waals surface area contributed by atoms with Crippen LogP contribution in [0.4, 0.5) is 0 Å². The van der Waals surface area contributed by atoms with Crippen LogP contribution in [0, 0.1) is 0 Å². The van der Waals surface area contributed by atoms with Gasteiger partial charge in [-0.25, -0.2) is 0 Å². The van der Waals surface area contributed by atoms with Gasteiger partial charge >= 0.3 is 0 Å². The van der Waals surface area contributed by atoms with Crippen LogP contribution < -0.4 is 14.2 Å². The lowest BCUT2D eigenvalue weighted by molar-refractivity contribution is -0.133. The van der Waals surface area contributed by atoms with Gasteiger partial charge in [0.2, 0.25) is 11.7 Å². The minimum Gasteiger partial charge on any atom is -0.493 e. The van der Waals surface area contributed by atoms with Crippen molar-refractivity contribution in [1.82, 2.24) is 10.1 Å². The van der Waals surface area contributed by atoms with Crippen molar-refractivity contribution in [2.24, 2.45) is 0 Å². The molecular formula is C23H32N2O6. The Bertz CT molecular complexity index is 834. The largest absolute Gasteiger partial charge is 0.493 e. The average molecular weight is 433 g/mol. The van der Waals surface area contributed by atoms with Crippen LogP contribution in [0.15, 0.2) is 22.7 Å². The summed E-state index contributed by atoms with van der Waals surface area (Å²) in [7, 11) is 4.69. The Balaban J connectivity index is 1.79. The lowest BCUT2D eigenvalue weighted by Gasteiger charge is -2.24. The van der Waals surface area contributed by atoms with Gasteiger partial charge in [-0.3, -0.25) is 4.79 Å². The number of carbonyl (C=O) groups excluding carboxylic acids is 1. The lowest BCUT2D eigenvalue weighted by Crippen LogP contribution is -2.36. The highest BCUT2D eigenvalue weighted by Crippen LogP contribution is 2.41. The maximum absolute atomic E-state index is 12.8. The summed E-state index contributed by atoms with van der Waals surface area (Å²) in [5.74, 6) is 2.26. The van der Waals surface area contributed by atoms with E-state index in [1.807, 2.05) is 23.1 Å². The molecule has 3 rings (SSSR count). The van der Waals surface area contributed by atoms with Crippen LogP contribution in [0.25, 0.3) is 11.3 Å². The Kier molecular flexibility index (Phi) is 8.17. The van der Waals surface area contributed by atoms with Gasteiger partial charge in [0, 0.05) is 31.2 Å². The molecule has 1 saturated heterocycles. The molecule has 1 aliphatic rings. The van der Waals surface area contributed by atoms with Gasteiger partial charge in [-0.1, -0.05) is 18.5 Å². The second kappa shape index (κ2) is 11.0. The van der Waals surface area contributed by atoms with Crippen LogP contribution >= 0.6 is 0 Å². The second-order valence-electron chi connectivity index (χ2n) is 7.61. The van der Waals surface area contributed by atoms with Gasteiger partial charge in [0.25, 0.3) is 0 Å². The molecule has 2 heterocycles. The van der Waals surface area contributed by atoms with E-state index < -0.39 is 0 Å². The predicted octanol–water partition coefficient (Wildman–Crippen LogP) is 4.07. The van der Waals surface area contributed by atoms with Crippen LogP contribution in [-0.4, -0.2) is 56.5 Å². The normalized spacial score (nSPS) is 15.7. The molecule has 1 aromatic heterocycles. The standard InChI is InChI=1S/C23H32N2O6/c1-5-6-9-22(26)25(15-18-8-7-10-30-18)14-17-13-19(31-24-17)16-11-20(27-2)23(29-4)21(12-16)28-3/h11-13,18H,5-10,14-15H2,1-4H3/t18-/m0/s1. The third-order valence-electron chi connectivity index (χ3n) is 5.41. The summed E-state index contributed by atoms with van der Waals surface area (Å²) in [4.78, 5) is 14.6. The molecule has 0 saturated carbocycles. The quantitative estimate of drug-likeness (QED) is 0.529. The topological polar surface area (TPSA) is 83.3 Å². The van der Waals surface area contributed by atoms with Gasteiger partial charge < -0.3 is 28.4 Å². The summed E-state index contributed by atoms with van der Waals surface area (Å²) >= 11 is 0. The number of ether oxygens (including phenoxy) is 4. The predicted molar refractivity (Wildman–Crippen MR) is 116 cm³/mol. The molecule has 0 unspecified atom stereocenters. The van der Waals surface area contributed by atoms with Crippen molar-refractivity contribution in [2.45, 2.75) is 51.7 Å². The zero-order chi connectivity index (χ0) is 22.2. The van der Waals surface area contributed by atoms with E-state index in [0.29, 0.717) is 48.2 Å². The van der Waals surface area contributed by atoms with Crippen LogP contribution in [0.5, 0.6) is 17.2 Å². The molecule has 8 heteroatoms. The third kappa shape index (κ3) is 5.70. The first-order valence-corrected chi connectivity index (χ1v) is 10.7. The molecule has 0 N–H and O–H groups in total. The Hall–Kier alpha value is -2.74. The van der Waals surface area contributed by atoms with Crippen LogP contribution in [0.3, 0.4) is 0 Å². The average Bonchev–Trinajstić information content (AvgIpc) is 3.48. The van der Waals surface area contributed by atoms with E-state index in [1.54, 1.807) is 21.3 Å². The number of rotatable bonds is 11. The van der Waals surface area contributed by atoms with E-state index >= 15 is 0 Å². The molecule has 0 spiro atoms. The number of nitrogens with zero attached hydrogens (tertiary/aromatic N) is 2. The SMILES string of the molecule is CCCCC(=O)N(Cc1cc(-c2cc(OC)c(OC)c(OC)c2)on1)C[C@@H]1CCCO1. The number of aromatic nitrogens is 1. The molecule has 1 fully saturated rings. The van der Waals surface area contributed by atoms with Gasteiger partial charge in [-0.2, -0.15) is 0 Å². The Morgan fingerprint density at radius 1 is 1.16 bits per heavy atom. The van der Waals surface area contributed by atoms with Crippen molar-refractivity contribution >= 4 is 5.91 Å². The highest BCUT2D eigenvalue weighted by Gasteiger charge is 2.24. The number of amides is 1. The molecule has 1 amide bonds. The summed E-state index contributed by atoms with van der Waals surface area (Å²) in [5.41, 5.74) is 1.43. The van der Waals surface area contributed by atoms with Crippen molar-refractivity contribution in [3.63, 3.8) is 0 Å². The molecular weight excluding hydrogens is 400 g/mol. The minimum absolute atomic E-state index is 0.0899. The highest BCUT2D eigenvalue weighted by atomic mass is 16.5. The molecule has 1 aromatic carbocycles. The van der Waals surface area contributed by atoms with E-state index in [4.69, 9.17) is 23.5 Å². The molecule has 170 valence electrons. The lowest BCUT2D eigenvalue weighted by atomic mass is 10.1. The summed E-state index contributed by atoms with van der Waals surface area (Å²) < 4.78 is 27.5. The molecule has 8 nitrogen and oxygen atoms in total. The molecule has 1 atom stereocenters. The first-order valence-electron chi connectivity index (χ1n) is 10.7. The Morgan fingerprint density at radius 3 is 2.48 bits per heavy atom. The fourth-order valence-corrected chi connectivity index (χ4v) is 3.72. The fraction of sp³-hybridized carbons (Fsp3) is 0.565. The third-order valence-corrected chi connectivity index (χ3v) is 5.41. The Labute approximate surface area is 183 Å². The molecule has 1 aliphatic heterocycles. The van der Waals surface area contributed by atoms with Gasteiger partial charge in [0.05, 0.1) is 34.0 Å². The molecule has 2 aromatic rings. The van der Waals surface area contributed by atoms with E-state index in [0.717, 1.165) is 37.9 Å². The van der Waals surface area contributed by atoms with E-state index in [2.05, 4.69) is 12.1 Å². The molecule has 0 radical (unpaired) electrons. The summed E-state index contributed by atoms with van der Waals surface area (Å²) in [5, 5.41) is 4.20. The van der Waals surface area contributed by atoms with Crippen molar-refractivity contribution in [3.05, 3.63) is 23.9 Å². The van der Waals surface area contributed by atoms with E-state index in [9.17, 15) is 4.79 Å². The van der Waals surface area contributed by atoms with Crippen LogP contribution in [-0.2, 0) is 16.1 Å². The van der Waals surface area contributed by atoms with Gasteiger partial charge in [-0.15, -0.1) is 0 Å². The summed E-state index contributed by atoms with van der Waals surface area (Å²) in [6.07, 6.45) is 4.49. The van der Waals surface area contributed by atoms with Crippen LogP contribution in [0.1, 0.15) is 44.7 Å². The molecule has 0 bridgehead atoms. The minimum atomic E-state index is 0.0899. The monoisotopic (exact) mass is 432 g/mol. The second-order valence-corrected chi connectivity index (χ2v) is 7.61. The van der Waals surface area contributed by atoms with Crippen molar-refractivity contribution < 1.29 is 28.3 Å². The summed E-state index contributed by atoms with van der Waals surface area (Å²) in [6.45, 7) is 3.81. The molecule has 0 aliphatic carbocycles. The van der Waals surface area contributed by atoms with E-state index in [-0.39, 0.29) is 12.0 Å². The molecule has 31 heavy (non-hydrogen) atoms. The number of methoxy groups -OCH3 is 3. The van der Waals surface area contributed by atoms with Crippen molar-refractivity contribution in [1.29, 1.82) is 0 Å². The van der Waals surface area contributed by atoms with Gasteiger partial charge in [0.15, 0.2) is 17.3 Å². The zero-order valence-corrected chi connectivity index (χ0v) is 18.8. The van der Waals surface area contributed by atoms with Crippen molar-refractivity contribution in [2.75, 3.05) is 34.5 Å². The maximum Gasteiger partial charge on any atom is 0.223 e. The number of carbonyl (C=O) groups is 1. The first kappa shape index (κ1) is 22.9. The van der Waals surface area contributed by atoms with Gasteiger partial charge in [-0.05, 0) is 31.4 Å².